The van der Waals surface area contributed by atoms with Crippen LogP contribution in [0.3, 0.4) is 0 Å². The van der Waals surface area contributed by atoms with Gasteiger partial charge in [0.25, 0.3) is 5.91 Å². The van der Waals surface area contributed by atoms with Crippen LogP contribution in [0.25, 0.3) is 21.0 Å². The minimum Gasteiger partial charge on any atom is -0.496 e. The van der Waals surface area contributed by atoms with E-state index in [0.29, 0.717) is 29.9 Å². The van der Waals surface area contributed by atoms with E-state index in [0.717, 1.165) is 36.0 Å². The number of nitrogens with two attached hydrogens (primary N) is 1. The van der Waals surface area contributed by atoms with Gasteiger partial charge in [-0.3, -0.25) is 9.69 Å². The highest BCUT2D eigenvalue weighted by Crippen LogP contribution is 2.40. The van der Waals surface area contributed by atoms with Crippen LogP contribution in [-0.2, 0) is 9.59 Å². The SMILES string of the molecule is COc1cccc2sc([C@@H]3CCN(C[C@H](O)COc4cccc5[nH]c(C(N)=O)cc45)[C@@H](C)C3)cc12.O=C(O)C(=O)O. The lowest BCUT2D eigenvalue weighted by molar-refractivity contribution is -0.159. The summed E-state index contributed by atoms with van der Waals surface area (Å²) < 4.78 is 12.7. The summed E-state index contributed by atoms with van der Waals surface area (Å²) in [5.41, 5.74) is 6.50. The van der Waals surface area contributed by atoms with Crippen LogP contribution in [0.1, 0.15) is 41.0 Å². The zero-order chi connectivity index (χ0) is 29.7. The van der Waals surface area contributed by atoms with Gasteiger partial charge in [0.2, 0.25) is 0 Å². The number of methoxy groups -OCH3 is 1. The number of aliphatic carboxylic acids is 2. The number of carboxylic acid groups (broad SMARTS) is 2. The number of carbonyl (C=O) groups is 3. The number of aromatic nitrogens is 1. The number of carbonyl (C=O) groups excluding carboxylic acids is 1. The number of aromatic amines is 1. The molecule has 1 aliphatic rings. The molecule has 2 aromatic carbocycles. The van der Waals surface area contributed by atoms with E-state index in [-0.39, 0.29) is 6.61 Å². The van der Waals surface area contributed by atoms with Crippen molar-refractivity contribution < 1.29 is 39.2 Å². The first-order chi connectivity index (χ1) is 19.6. The number of likely N-dealkylation sites (tertiary alicyclic amines) is 1. The molecule has 0 aliphatic carbocycles. The number of hydrogen-bond acceptors (Lipinski definition) is 8. The predicted octanol–water partition coefficient (Wildman–Crippen LogP) is 3.65. The lowest BCUT2D eigenvalue weighted by Gasteiger charge is -2.38. The van der Waals surface area contributed by atoms with Crippen LogP contribution in [0.15, 0.2) is 48.5 Å². The maximum absolute atomic E-state index is 11.5. The predicted molar refractivity (Wildman–Crippen MR) is 155 cm³/mol. The number of aliphatic hydroxyl groups is 1. The summed E-state index contributed by atoms with van der Waals surface area (Å²) in [7, 11) is 1.72. The Balaban J connectivity index is 0.000000585. The number of nitrogens with zero attached hydrogens (tertiary/aromatic N) is 1. The number of β-amino-alcohol motifs (C(OH)–C–C–N with tert-alkyl or cyclic N) is 1. The third kappa shape index (κ3) is 7.15. The van der Waals surface area contributed by atoms with E-state index >= 15 is 0 Å². The van der Waals surface area contributed by atoms with E-state index in [9.17, 15) is 9.90 Å². The van der Waals surface area contributed by atoms with Crippen LogP contribution in [0, 0.1) is 0 Å². The van der Waals surface area contributed by atoms with E-state index in [1.54, 1.807) is 13.2 Å². The standard InChI is InChI=1S/C27H31N3O4S.C2H2O4/c1-16-11-17(26-13-20-23(33-2)6-4-8-25(20)35-26)9-10-30(16)14-18(31)15-34-24-7-3-5-21-19(24)12-22(29-21)27(28)32;3-1(4)2(5)6/h3-8,12-13,16-18,29,31H,9-11,14-15H2,1-2H3,(H2,28,32);(H,3,4)(H,5,6)/t16-,17+,18-;/m0./s1. The van der Waals surface area contributed by atoms with Gasteiger partial charge in [-0.25, -0.2) is 9.59 Å². The molecule has 5 rings (SSSR count). The number of piperidine rings is 1. The molecule has 41 heavy (non-hydrogen) atoms. The summed E-state index contributed by atoms with van der Waals surface area (Å²) >= 11 is 1.86. The Bertz CT molecular complexity index is 1540. The van der Waals surface area contributed by atoms with Crippen molar-refractivity contribution in [3.8, 4) is 11.5 Å². The number of amides is 1. The zero-order valence-corrected chi connectivity index (χ0v) is 23.5. The fraction of sp³-hybridized carbons (Fsp3) is 0.345. The molecular weight excluding hydrogens is 550 g/mol. The van der Waals surface area contributed by atoms with Crippen molar-refractivity contribution in [1.82, 2.24) is 9.88 Å². The number of H-pyrrole nitrogens is 1. The fourth-order valence-corrected chi connectivity index (χ4v) is 6.31. The van der Waals surface area contributed by atoms with E-state index in [4.69, 9.17) is 35.0 Å². The number of thiophene rings is 1. The number of rotatable bonds is 8. The number of primary amides is 1. The Morgan fingerprint density at radius 3 is 2.46 bits per heavy atom. The third-order valence-corrected chi connectivity index (χ3v) is 8.39. The van der Waals surface area contributed by atoms with Gasteiger partial charge in [-0.15, -0.1) is 11.3 Å². The molecule has 0 bridgehead atoms. The van der Waals surface area contributed by atoms with Gasteiger partial charge in [0.15, 0.2) is 0 Å². The number of aliphatic hydroxyl groups excluding tert-OH is 1. The molecule has 4 aromatic rings. The molecular formula is C29H33N3O8S. The molecule has 11 nitrogen and oxygen atoms in total. The van der Waals surface area contributed by atoms with Crippen molar-refractivity contribution in [3.63, 3.8) is 0 Å². The van der Waals surface area contributed by atoms with Gasteiger partial charge < -0.3 is 35.5 Å². The quantitative estimate of drug-likeness (QED) is 0.194. The average Bonchev–Trinajstić information content (AvgIpc) is 3.58. The second kappa shape index (κ2) is 13.0. The second-order valence-corrected chi connectivity index (χ2v) is 11.0. The Hall–Kier alpha value is -4.13. The second-order valence-electron chi connectivity index (χ2n) is 9.93. The molecule has 0 spiro atoms. The molecule has 1 saturated heterocycles. The highest BCUT2D eigenvalue weighted by Gasteiger charge is 2.29. The highest BCUT2D eigenvalue weighted by molar-refractivity contribution is 7.19. The normalized spacial score (nSPS) is 17.9. The third-order valence-electron chi connectivity index (χ3n) is 7.13. The molecule has 12 heteroatoms. The lowest BCUT2D eigenvalue weighted by Crippen LogP contribution is -2.45. The minimum absolute atomic E-state index is 0.180. The topological polar surface area (TPSA) is 175 Å². The van der Waals surface area contributed by atoms with E-state index in [2.05, 4.69) is 28.9 Å². The molecule has 218 valence electrons. The average molecular weight is 584 g/mol. The number of fused-ring (bicyclic) bond motifs is 2. The van der Waals surface area contributed by atoms with Gasteiger partial charge in [-0.05, 0) is 68.6 Å². The first-order valence-electron chi connectivity index (χ1n) is 13.1. The molecule has 1 amide bonds. The number of hydrogen-bond donors (Lipinski definition) is 5. The summed E-state index contributed by atoms with van der Waals surface area (Å²) in [4.78, 5) is 36.4. The number of carboxylic acids is 2. The van der Waals surface area contributed by atoms with Crippen LogP contribution in [0.2, 0.25) is 0 Å². The first kappa shape index (κ1) is 29.8. The summed E-state index contributed by atoms with van der Waals surface area (Å²) in [6, 6.07) is 16.1. The van der Waals surface area contributed by atoms with Crippen molar-refractivity contribution in [1.29, 1.82) is 0 Å². The zero-order valence-electron chi connectivity index (χ0n) is 22.7. The van der Waals surface area contributed by atoms with E-state index < -0.39 is 23.9 Å². The number of nitrogens with one attached hydrogen (secondary N) is 1. The fourth-order valence-electron chi connectivity index (χ4n) is 5.08. The van der Waals surface area contributed by atoms with Crippen LogP contribution in [0.5, 0.6) is 11.5 Å². The maximum Gasteiger partial charge on any atom is 0.414 e. The van der Waals surface area contributed by atoms with Crippen molar-refractivity contribution in [3.05, 3.63) is 59.1 Å². The summed E-state index contributed by atoms with van der Waals surface area (Å²) in [6.07, 6.45) is 1.50. The van der Waals surface area contributed by atoms with Crippen molar-refractivity contribution in [2.75, 3.05) is 26.8 Å². The maximum atomic E-state index is 11.5. The van der Waals surface area contributed by atoms with Crippen molar-refractivity contribution in [2.45, 2.75) is 37.8 Å². The molecule has 0 saturated carbocycles. The Labute approximate surface area is 240 Å². The Kier molecular flexibility index (Phi) is 9.48. The summed E-state index contributed by atoms with van der Waals surface area (Å²) in [5, 5.41) is 27.5. The molecule has 2 aromatic heterocycles. The van der Waals surface area contributed by atoms with Crippen LogP contribution in [-0.4, -0.2) is 82.0 Å². The van der Waals surface area contributed by atoms with Crippen LogP contribution < -0.4 is 15.2 Å². The molecule has 1 fully saturated rings. The summed E-state index contributed by atoms with van der Waals surface area (Å²) in [6.45, 7) is 3.91. The van der Waals surface area contributed by atoms with Gasteiger partial charge >= 0.3 is 11.9 Å². The van der Waals surface area contributed by atoms with Crippen LogP contribution >= 0.6 is 11.3 Å². The largest absolute Gasteiger partial charge is 0.496 e. The van der Waals surface area contributed by atoms with Crippen LogP contribution in [0.4, 0.5) is 0 Å². The summed E-state index contributed by atoms with van der Waals surface area (Å²) in [5.74, 6) is -2.09. The molecule has 6 N–H and O–H groups in total. The van der Waals surface area contributed by atoms with Gasteiger partial charge in [-0.1, -0.05) is 12.1 Å². The van der Waals surface area contributed by atoms with Gasteiger partial charge in [0.05, 0.1) is 7.11 Å². The molecule has 1 aliphatic heterocycles. The van der Waals surface area contributed by atoms with Crippen molar-refractivity contribution in [2.24, 2.45) is 5.73 Å². The van der Waals surface area contributed by atoms with E-state index in [1.807, 2.05) is 41.7 Å². The van der Waals surface area contributed by atoms with Crippen molar-refractivity contribution >= 4 is 50.2 Å². The molecule has 3 atom stereocenters. The smallest absolute Gasteiger partial charge is 0.414 e. The van der Waals surface area contributed by atoms with Gasteiger partial charge in [0, 0.05) is 38.5 Å². The highest BCUT2D eigenvalue weighted by atomic mass is 32.1. The minimum atomic E-state index is -1.82. The molecule has 0 unspecified atom stereocenters. The Morgan fingerprint density at radius 2 is 1.80 bits per heavy atom. The van der Waals surface area contributed by atoms with Gasteiger partial charge in [0.1, 0.15) is 29.9 Å². The number of benzene rings is 2. The first-order valence-corrected chi connectivity index (χ1v) is 13.9. The molecule has 0 radical (unpaired) electrons. The monoisotopic (exact) mass is 583 g/mol. The van der Waals surface area contributed by atoms with Gasteiger partial charge in [-0.2, -0.15) is 0 Å². The van der Waals surface area contributed by atoms with E-state index in [1.165, 1.54) is 15.0 Å². The lowest BCUT2D eigenvalue weighted by atomic mass is 9.90. The molecule has 3 heterocycles. The number of ether oxygens (including phenoxy) is 2. The Morgan fingerprint density at radius 1 is 1.10 bits per heavy atom.